The Morgan fingerprint density at radius 2 is 1.81 bits per heavy atom. The van der Waals surface area contributed by atoms with Crippen LogP contribution in [0.4, 0.5) is 5.69 Å². The Morgan fingerprint density at radius 3 is 2.48 bits per heavy atom. The van der Waals surface area contributed by atoms with Crippen molar-refractivity contribution in [2.75, 3.05) is 31.1 Å². The molecule has 1 aromatic carbocycles. The van der Waals surface area contributed by atoms with Gasteiger partial charge >= 0.3 is 0 Å². The smallest absolute Gasteiger partial charge is 0.274 e. The fourth-order valence-electron chi connectivity index (χ4n) is 4.76. The highest BCUT2D eigenvalue weighted by atomic mass is 16.2. The highest BCUT2D eigenvalue weighted by Gasteiger charge is 2.25. The minimum absolute atomic E-state index is 0.0176. The van der Waals surface area contributed by atoms with Crippen LogP contribution in [0.2, 0.25) is 0 Å². The highest BCUT2D eigenvalue weighted by Crippen LogP contribution is 2.28. The lowest BCUT2D eigenvalue weighted by Gasteiger charge is -2.35. The van der Waals surface area contributed by atoms with Crippen LogP contribution in [0.25, 0.3) is 10.9 Å². The van der Waals surface area contributed by atoms with Crippen molar-refractivity contribution in [3.05, 3.63) is 52.3 Å². The number of rotatable bonds is 3. The molecular weight excluding hydrogens is 392 g/mol. The molecule has 0 N–H and O–H groups in total. The van der Waals surface area contributed by atoms with Gasteiger partial charge in [0.15, 0.2) is 5.69 Å². The minimum Gasteiger partial charge on any atom is -0.368 e. The second-order valence-electron chi connectivity index (χ2n) is 8.67. The van der Waals surface area contributed by atoms with Gasteiger partial charge in [0.05, 0.1) is 17.2 Å². The molecule has 5 rings (SSSR count). The monoisotopic (exact) mass is 420 g/mol. The number of hydrogen-bond acceptors (Lipinski definition) is 5. The van der Waals surface area contributed by atoms with E-state index in [0.717, 1.165) is 42.8 Å². The molecule has 0 radical (unpaired) electrons. The lowest BCUT2D eigenvalue weighted by atomic mass is 10.1. The fraction of sp³-hybridized carbons (Fsp3) is 0.478. The fourth-order valence-corrected chi connectivity index (χ4v) is 4.76. The van der Waals surface area contributed by atoms with E-state index in [-0.39, 0.29) is 17.5 Å². The zero-order valence-electron chi connectivity index (χ0n) is 18.1. The second-order valence-corrected chi connectivity index (χ2v) is 8.67. The maximum atomic E-state index is 12.9. The number of hydrogen-bond donors (Lipinski definition) is 0. The van der Waals surface area contributed by atoms with Gasteiger partial charge in [-0.3, -0.25) is 18.8 Å². The van der Waals surface area contributed by atoms with Crippen molar-refractivity contribution < 1.29 is 4.79 Å². The normalized spacial score (nSPS) is 17.6. The number of benzene rings is 1. The van der Waals surface area contributed by atoms with Gasteiger partial charge in [-0.05, 0) is 44.0 Å². The summed E-state index contributed by atoms with van der Waals surface area (Å²) in [4.78, 5) is 34.4. The van der Waals surface area contributed by atoms with Crippen molar-refractivity contribution in [3.63, 3.8) is 0 Å². The Bertz CT molecular complexity index is 1160. The quantitative estimate of drug-likeness (QED) is 0.651. The van der Waals surface area contributed by atoms with E-state index in [9.17, 15) is 9.59 Å². The van der Waals surface area contributed by atoms with Crippen molar-refractivity contribution in [3.8, 4) is 0 Å². The van der Waals surface area contributed by atoms with Gasteiger partial charge in [0.1, 0.15) is 0 Å². The Morgan fingerprint density at radius 1 is 1.06 bits per heavy atom. The molecule has 2 aromatic heterocycles. The molecule has 31 heavy (non-hydrogen) atoms. The summed E-state index contributed by atoms with van der Waals surface area (Å²) < 4.78 is 3.55. The number of aromatic nitrogens is 4. The summed E-state index contributed by atoms with van der Waals surface area (Å²) in [5.74, 6) is -0.0176. The summed E-state index contributed by atoms with van der Waals surface area (Å²) in [6.45, 7) is 4.70. The van der Waals surface area contributed by atoms with Crippen LogP contribution in [0.15, 0.2) is 35.4 Å². The van der Waals surface area contributed by atoms with Crippen LogP contribution >= 0.6 is 0 Å². The number of carbonyl (C=O) groups excluding carboxylic acids is 1. The minimum atomic E-state index is -0.0176. The first kappa shape index (κ1) is 19.8. The lowest BCUT2D eigenvalue weighted by Crippen LogP contribution is -2.49. The van der Waals surface area contributed by atoms with Crippen LogP contribution in [0.3, 0.4) is 0 Å². The maximum Gasteiger partial charge on any atom is 0.274 e. The van der Waals surface area contributed by atoms with Crippen molar-refractivity contribution in [2.24, 2.45) is 7.05 Å². The summed E-state index contributed by atoms with van der Waals surface area (Å²) in [6, 6.07) is 8.03. The molecule has 1 amide bonds. The molecule has 8 heteroatoms. The molecule has 1 saturated carbocycles. The maximum absolute atomic E-state index is 12.9. The summed E-state index contributed by atoms with van der Waals surface area (Å²) in [7, 11) is 1.85. The van der Waals surface area contributed by atoms with Crippen LogP contribution in [0.5, 0.6) is 0 Å². The van der Waals surface area contributed by atoms with E-state index in [4.69, 9.17) is 0 Å². The molecule has 1 saturated heterocycles. The van der Waals surface area contributed by atoms with Gasteiger partial charge in [0.2, 0.25) is 0 Å². The Labute approximate surface area is 181 Å². The molecule has 2 fully saturated rings. The number of piperazine rings is 1. The molecule has 1 aliphatic heterocycles. The molecule has 8 nitrogen and oxygen atoms in total. The van der Waals surface area contributed by atoms with E-state index in [2.05, 4.69) is 15.0 Å². The van der Waals surface area contributed by atoms with Crippen molar-refractivity contribution in [1.29, 1.82) is 0 Å². The zero-order valence-corrected chi connectivity index (χ0v) is 18.1. The average Bonchev–Trinajstić information content (AvgIpc) is 3.44. The van der Waals surface area contributed by atoms with E-state index >= 15 is 0 Å². The molecule has 1 aliphatic carbocycles. The van der Waals surface area contributed by atoms with Gasteiger partial charge < -0.3 is 9.80 Å². The first-order valence-electron chi connectivity index (χ1n) is 11.1. The van der Waals surface area contributed by atoms with Gasteiger partial charge in [0.25, 0.3) is 11.5 Å². The molecule has 0 atom stereocenters. The predicted octanol–water partition coefficient (Wildman–Crippen LogP) is 2.52. The molecule has 3 aromatic rings. The topological polar surface area (TPSA) is 76.3 Å². The zero-order chi connectivity index (χ0) is 21.5. The summed E-state index contributed by atoms with van der Waals surface area (Å²) >= 11 is 0. The van der Waals surface area contributed by atoms with E-state index < -0.39 is 0 Å². The third-order valence-electron chi connectivity index (χ3n) is 6.75. The Hall–Kier alpha value is -3.16. The number of nitrogens with zero attached hydrogens (tertiary/aromatic N) is 6. The van der Waals surface area contributed by atoms with E-state index in [1.165, 1.54) is 12.8 Å². The van der Waals surface area contributed by atoms with E-state index in [1.54, 1.807) is 11.0 Å². The SMILES string of the molecule is Cc1cc(C(=O)N2CCN(c3ccc4c(=O)n(C5CCCC5)cnc4c3)CC2)nn1C. The van der Waals surface area contributed by atoms with Gasteiger partial charge in [-0.1, -0.05) is 12.8 Å². The summed E-state index contributed by atoms with van der Waals surface area (Å²) in [6.07, 6.45) is 6.21. The van der Waals surface area contributed by atoms with Gasteiger partial charge in [0, 0.05) is 50.6 Å². The van der Waals surface area contributed by atoms with Crippen molar-refractivity contribution >= 4 is 22.5 Å². The van der Waals surface area contributed by atoms with Gasteiger partial charge in [-0.25, -0.2) is 4.98 Å². The van der Waals surface area contributed by atoms with Crippen LogP contribution < -0.4 is 10.5 Å². The van der Waals surface area contributed by atoms with Crippen LogP contribution in [0, 0.1) is 6.92 Å². The molecule has 0 bridgehead atoms. The molecular formula is C23H28N6O2. The number of carbonyl (C=O) groups is 1. The molecule has 0 spiro atoms. The molecule has 2 aliphatic rings. The number of aryl methyl sites for hydroxylation is 2. The molecule has 0 unspecified atom stereocenters. The third-order valence-corrected chi connectivity index (χ3v) is 6.75. The number of amides is 1. The summed E-state index contributed by atoms with van der Waals surface area (Å²) in [5.41, 5.74) is 3.31. The van der Waals surface area contributed by atoms with Gasteiger partial charge in [-0.15, -0.1) is 0 Å². The first-order valence-corrected chi connectivity index (χ1v) is 11.1. The van der Waals surface area contributed by atoms with Gasteiger partial charge in [-0.2, -0.15) is 5.10 Å². The molecule has 3 heterocycles. The highest BCUT2D eigenvalue weighted by molar-refractivity contribution is 5.92. The molecule has 162 valence electrons. The number of fused-ring (bicyclic) bond motifs is 1. The lowest BCUT2D eigenvalue weighted by molar-refractivity contribution is 0.0740. The van der Waals surface area contributed by atoms with Crippen molar-refractivity contribution in [1.82, 2.24) is 24.2 Å². The predicted molar refractivity (Wildman–Crippen MR) is 120 cm³/mol. The Kier molecular flexibility index (Phi) is 5.00. The van der Waals surface area contributed by atoms with Crippen LogP contribution in [-0.2, 0) is 7.05 Å². The Balaban J connectivity index is 1.31. The average molecular weight is 421 g/mol. The largest absolute Gasteiger partial charge is 0.368 e. The van der Waals surface area contributed by atoms with Crippen LogP contribution in [0.1, 0.15) is 47.9 Å². The first-order chi connectivity index (χ1) is 15.0. The van der Waals surface area contributed by atoms with E-state index in [1.807, 2.05) is 47.7 Å². The number of anilines is 1. The third kappa shape index (κ3) is 3.60. The second kappa shape index (κ2) is 7.83. The van der Waals surface area contributed by atoms with Crippen molar-refractivity contribution in [2.45, 2.75) is 38.6 Å². The van der Waals surface area contributed by atoms with E-state index in [0.29, 0.717) is 24.2 Å². The standard InChI is InChI=1S/C23H28N6O2/c1-16-13-21(25-26(16)2)23(31)28-11-9-27(10-12-28)18-7-8-19-20(14-18)24-15-29(22(19)30)17-5-3-4-6-17/h7-8,13-15,17H,3-6,9-12H2,1-2H3. The summed E-state index contributed by atoms with van der Waals surface area (Å²) in [5, 5.41) is 4.99. The van der Waals surface area contributed by atoms with Crippen LogP contribution in [-0.4, -0.2) is 56.3 Å².